The van der Waals surface area contributed by atoms with Crippen LogP contribution in [0.2, 0.25) is 0 Å². The fourth-order valence-corrected chi connectivity index (χ4v) is 15.4. The molecule has 0 atom stereocenters. The molecule has 6 aromatic carbocycles. The molecular weight excluding hydrogens is 743 g/mol. The molecule has 300 valence electrons. The standard InChI is InChI=1S/C57H51N3O/c1-2-8-41(9-3-1)53-58-54(47-18-19-50(45-11-5-4-10-44(45)47)57-31-37-23-38(32-57)25-39(24-37)33-57)60-55(59-53)49-27-42(26-48-46-12-6-7-13-51(46)61-52(48)49)40-14-16-43(17-15-40)56-28-34-20-35(29-56)22-36(21-34)30-56/h1-19,26-27,34-39H,20-25,28-33H2. The van der Waals surface area contributed by atoms with E-state index in [9.17, 15) is 0 Å². The van der Waals surface area contributed by atoms with Crippen molar-refractivity contribution in [1.82, 2.24) is 15.0 Å². The maximum Gasteiger partial charge on any atom is 0.167 e. The molecule has 8 aliphatic carbocycles. The second-order valence-electron chi connectivity index (χ2n) is 20.9. The molecule has 0 spiro atoms. The van der Waals surface area contributed by atoms with Crippen LogP contribution in [-0.4, -0.2) is 15.0 Å². The summed E-state index contributed by atoms with van der Waals surface area (Å²) in [6.45, 7) is 0. The number of nitrogens with zero attached hydrogens (tertiary/aromatic N) is 3. The van der Waals surface area contributed by atoms with Gasteiger partial charge in [-0.05, 0) is 175 Å². The monoisotopic (exact) mass is 793 g/mol. The van der Waals surface area contributed by atoms with Crippen molar-refractivity contribution in [2.45, 2.75) is 87.9 Å². The van der Waals surface area contributed by atoms with E-state index in [1.54, 1.807) is 11.1 Å². The molecule has 61 heavy (non-hydrogen) atoms. The highest BCUT2D eigenvalue weighted by Crippen LogP contribution is 2.63. The lowest BCUT2D eigenvalue weighted by atomic mass is 9.47. The molecule has 0 N–H and O–H groups in total. The molecule has 4 nitrogen and oxygen atoms in total. The van der Waals surface area contributed by atoms with Crippen LogP contribution in [0, 0.1) is 35.5 Å². The summed E-state index contributed by atoms with van der Waals surface area (Å²) in [5.74, 6) is 7.43. The summed E-state index contributed by atoms with van der Waals surface area (Å²) in [5.41, 5.74) is 10.7. The van der Waals surface area contributed by atoms with Crippen LogP contribution >= 0.6 is 0 Å². The number of rotatable bonds is 6. The molecule has 8 saturated carbocycles. The predicted molar refractivity (Wildman–Crippen MR) is 246 cm³/mol. The first-order chi connectivity index (χ1) is 30.0. The minimum atomic E-state index is 0.285. The molecule has 2 aromatic heterocycles. The van der Waals surface area contributed by atoms with Gasteiger partial charge in [-0.25, -0.2) is 15.0 Å². The van der Waals surface area contributed by atoms with Crippen LogP contribution in [0.25, 0.3) is 78.0 Å². The Labute approximate surface area is 357 Å². The van der Waals surface area contributed by atoms with Crippen LogP contribution in [-0.2, 0) is 10.8 Å². The lowest BCUT2D eigenvalue weighted by Crippen LogP contribution is -2.48. The van der Waals surface area contributed by atoms with Crippen molar-refractivity contribution in [3.8, 4) is 45.3 Å². The normalized spacial score (nSPS) is 29.6. The Balaban J connectivity index is 0.937. The maximum atomic E-state index is 6.78. The van der Waals surface area contributed by atoms with Gasteiger partial charge in [-0.1, -0.05) is 109 Å². The Morgan fingerprint density at radius 2 is 0.934 bits per heavy atom. The summed E-state index contributed by atoms with van der Waals surface area (Å²) in [7, 11) is 0. The molecular formula is C57H51N3O. The van der Waals surface area contributed by atoms with Crippen LogP contribution in [0.5, 0.6) is 0 Å². The largest absolute Gasteiger partial charge is 0.455 e. The highest BCUT2D eigenvalue weighted by atomic mass is 16.3. The average molecular weight is 794 g/mol. The van der Waals surface area contributed by atoms with Crippen molar-refractivity contribution in [1.29, 1.82) is 0 Å². The van der Waals surface area contributed by atoms with E-state index in [1.807, 2.05) is 0 Å². The predicted octanol–water partition coefficient (Wildman–Crippen LogP) is 14.5. The van der Waals surface area contributed by atoms with E-state index in [0.717, 1.165) is 79.7 Å². The average Bonchev–Trinajstić information content (AvgIpc) is 3.66. The molecule has 2 heterocycles. The van der Waals surface area contributed by atoms with Gasteiger partial charge in [0.1, 0.15) is 11.2 Å². The Hall–Kier alpha value is -5.61. The van der Waals surface area contributed by atoms with Crippen LogP contribution in [0.1, 0.15) is 88.2 Å². The smallest absolute Gasteiger partial charge is 0.167 e. The van der Waals surface area contributed by atoms with Gasteiger partial charge in [0.25, 0.3) is 0 Å². The summed E-state index contributed by atoms with van der Waals surface area (Å²) in [4.78, 5) is 16.1. The Morgan fingerprint density at radius 3 is 1.59 bits per heavy atom. The molecule has 0 unspecified atom stereocenters. The molecule has 8 bridgehead atoms. The molecule has 0 saturated heterocycles. The first-order valence-electron chi connectivity index (χ1n) is 23.4. The van der Waals surface area contributed by atoms with Crippen molar-refractivity contribution in [2.75, 3.05) is 0 Å². The number of hydrogen-bond donors (Lipinski definition) is 0. The van der Waals surface area contributed by atoms with Crippen molar-refractivity contribution < 1.29 is 4.42 Å². The molecule has 4 heteroatoms. The Bertz CT molecular complexity index is 2980. The minimum Gasteiger partial charge on any atom is -0.455 e. The van der Waals surface area contributed by atoms with Gasteiger partial charge in [0.05, 0.1) is 5.56 Å². The van der Waals surface area contributed by atoms with Crippen LogP contribution < -0.4 is 0 Å². The third kappa shape index (κ3) is 5.46. The van der Waals surface area contributed by atoms with E-state index in [1.165, 1.54) is 93.4 Å². The maximum absolute atomic E-state index is 6.78. The zero-order valence-electron chi connectivity index (χ0n) is 34.8. The number of para-hydroxylation sites is 1. The summed E-state index contributed by atoms with van der Waals surface area (Å²) in [5, 5.41) is 4.79. The van der Waals surface area contributed by atoms with E-state index in [2.05, 4.69) is 127 Å². The van der Waals surface area contributed by atoms with Crippen LogP contribution in [0.3, 0.4) is 0 Å². The van der Waals surface area contributed by atoms with Gasteiger partial charge in [-0.2, -0.15) is 0 Å². The lowest BCUT2D eigenvalue weighted by molar-refractivity contribution is -0.00520. The van der Waals surface area contributed by atoms with Gasteiger partial charge < -0.3 is 4.42 Å². The quantitative estimate of drug-likeness (QED) is 0.168. The number of furan rings is 1. The molecule has 0 amide bonds. The third-order valence-electron chi connectivity index (χ3n) is 17.0. The fraction of sp³-hybridized carbons (Fsp3) is 0.351. The highest BCUT2D eigenvalue weighted by molar-refractivity contribution is 6.11. The molecule has 8 aliphatic rings. The minimum absolute atomic E-state index is 0.285. The Morgan fingerprint density at radius 1 is 0.393 bits per heavy atom. The highest BCUT2D eigenvalue weighted by Gasteiger charge is 2.53. The van der Waals surface area contributed by atoms with Gasteiger partial charge in [0.2, 0.25) is 0 Å². The summed E-state index contributed by atoms with van der Waals surface area (Å²) < 4.78 is 6.78. The van der Waals surface area contributed by atoms with E-state index in [-0.39, 0.29) is 5.41 Å². The second-order valence-corrected chi connectivity index (χ2v) is 20.9. The van der Waals surface area contributed by atoms with Crippen molar-refractivity contribution in [2.24, 2.45) is 35.5 Å². The van der Waals surface area contributed by atoms with E-state index >= 15 is 0 Å². The fourth-order valence-electron chi connectivity index (χ4n) is 15.4. The number of fused-ring (bicyclic) bond motifs is 4. The van der Waals surface area contributed by atoms with E-state index in [4.69, 9.17) is 19.4 Å². The topological polar surface area (TPSA) is 51.8 Å². The zero-order chi connectivity index (χ0) is 39.9. The summed E-state index contributed by atoms with van der Waals surface area (Å²) in [6, 6.07) is 47.0. The Kier molecular flexibility index (Phi) is 7.44. The first kappa shape index (κ1) is 35.0. The second kappa shape index (κ2) is 13.0. The van der Waals surface area contributed by atoms with Crippen molar-refractivity contribution in [3.63, 3.8) is 0 Å². The van der Waals surface area contributed by atoms with E-state index < -0.39 is 0 Å². The molecule has 0 radical (unpaired) electrons. The lowest BCUT2D eigenvalue weighted by Gasteiger charge is -2.57. The first-order valence-corrected chi connectivity index (χ1v) is 23.4. The third-order valence-corrected chi connectivity index (χ3v) is 17.0. The summed E-state index contributed by atoms with van der Waals surface area (Å²) >= 11 is 0. The molecule has 8 aromatic rings. The van der Waals surface area contributed by atoms with Gasteiger partial charge in [-0.15, -0.1) is 0 Å². The van der Waals surface area contributed by atoms with Gasteiger partial charge in [0.15, 0.2) is 17.5 Å². The van der Waals surface area contributed by atoms with Crippen LogP contribution in [0.15, 0.2) is 132 Å². The van der Waals surface area contributed by atoms with Gasteiger partial charge in [0, 0.05) is 21.9 Å². The van der Waals surface area contributed by atoms with Crippen LogP contribution in [0.4, 0.5) is 0 Å². The van der Waals surface area contributed by atoms with Crippen molar-refractivity contribution >= 4 is 32.7 Å². The number of aromatic nitrogens is 3. The van der Waals surface area contributed by atoms with E-state index in [0.29, 0.717) is 22.9 Å². The molecule has 16 rings (SSSR count). The van der Waals surface area contributed by atoms with Gasteiger partial charge in [-0.3, -0.25) is 0 Å². The van der Waals surface area contributed by atoms with Gasteiger partial charge >= 0.3 is 0 Å². The summed E-state index contributed by atoms with van der Waals surface area (Å²) in [6.07, 6.45) is 16.9. The molecule has 8 fully saturated rings. The van der Waals surface area contributed by atoms with Crippen molar-refractivity contribution in [3.05, 3.63) is 139 Å². The number of hydrogen-bond acceptors (Lipinski definition) is 4. The SMILES string of the molecule is c1ccc(-c2nc(-c3ccc(C45CC6CC(CC(C6)C4)C5)c4ccccc34)nc(-c3cc(-c4ccc(C56CC7CC(CC(C7)C5)C6)cc4)cc4c3oc3ccccc34)n2)cc1. The zero-order valence-corrected chi connectivity index (χ0v) is 34.8. The number of benzene rings is 6. The molecule has 0 aliphatic heterocycles.